The molecule has 0 atom stereocenters. The van der Waals surface area contributed by atoms with Gasteiger partial charge in [0.2, 0.25) is 10.0 Å². The van der Waals surface area contributed by atoms with Crippen molar-refractivity contribution in [2.24, 2.45) is 0 Å². The lowest BCUT2D eigenvalue weighted by Gasteiger charge is -2.08. The fraction of sp³-hybridized carbons (Fsp3) is 0.133. The van der Waals surface area contributed by atoms with Crippen molar-refractivity contribution in [2.45, 2.75) is 11.9 Å². The van der Waals surface area contributed by atoms with Crippen LogP contribution in [-0.4, -0.2) is 37.4 Å². The van der Waals surface area contributed by atoms with Crippen molar-refractivity contribution < 1.29 is 41.1 Å². The molecule has 2 rings (SSSR count). The number of alkyl halides is 3. The normalized spacial score (nSPS) is 11.8. The first-order valence-corrected chi connectivity index (χ1v) is 9.45. The number of hydrogen-bond donors (Lipinski definition) is 2. The Morgan fingerprint density at radius 3 is 2.22 bits per heavy atom. The summed E-state index contributed by atoms with van der Waals surface area (Å²) in [5, 5.41) is 9.04. The molecule has 1 aromatic heterocycles. The zero-order chi connectivity index (χ0) is 20.4. The first kappa shape index (κ1) is 20.6. The predicted molar refractivity (Wildman–Crippen MR) is 88.2 cm³/mol. The Hall–Kier alpha value is -2.73. The van der Waals surface area contributed by atoms with Gasteiger partial charge in [0.1, 0.15) is 0 Å². The minimum atomic E-state index is -5.12. The molecular formula is C15H10F3NO6S2. The number of halogens is 3. The van der Waals surface area contributed by atoms with Crippen LogP contribution < -0.4 is 4.72 Å². The van der Waals surface area contributed by atoms with Crippen molar-refractivity contribution >= 4 is 39.0 Å². The third-order valence-electron chi connectivity index (χ3n) is 3.15. The summed E-state index contributed by atoms with van der Waals surface area (Å²) in [6.45, 7) is 0. The van der Waals surface area contributed by atoms with E-state index in [1.807, 2.05) is 0 Å². The standard InChI is InChI=1S/C15H10F3NO6S2/c16-15(17,18)12(20)10-5-6-11(26-10)13(21)19-27(24,25)7-8-3-1-2-4-9(8)14(22)23/h1-6H,7H2,(H,19,21)(H,22,23). The number of rotatable bonds is 6. The molecule has 0 unspecified atom stereocenters. The highest BCUT2D eigenvalue weighted by Crippen LogP contribution is 2.26. The van der Waals surface area contributed by atoms with E-state index in [0.29, 0.717) is 0 Å². The molecule has 2 N–H and O–H groups in total. The van der Waals surface area contributed by atoms with Gasteiger partial charge in [-0.1, -0.05) is 18.2 Å². The van der Waals surface area contributed by atoms with Gasteiger partial charge in [0, 0.05) is 0 Å². The summed E-state index contributed by atoms with van der Waals surface area (Å²) in [5.41, 5.74) is -0.353. The third-order valence-corrected chi connectivity index (χ3v) is 5.42. The maximum Gasteiger partial charge on any atom is 0.455 e. The van der Waals surface area contributed by atoms with Gasteiger partial charge in [-0.05, 0) is 23.8 Å². The van der Waals surface area contributed by atoms with E-state index in [9.17, 15) is 36.0 Å². The monoisotopic (exact) mass is 421 g/mol. The van der Waals surface area contributed by atoms with Gasteiger partial charge in [-0.2, -0.15) is 13.2 Å². The van der Waals surface area contributed by atoms with Gasteiger partial charge in [-0.3, -0.25) is 9.59 Å². The molecule has 0 fully saturated rings. The second-order valence-corrected chi connectivity index (χ2v) is 7.95. The molecule has 0 radical (unpaired) electrons. The van der Waals surface area contributed by atoms with Crippen molar-refractivity contribution in [3.8, 4) is 0 Å². The zero-order valence-corrected chi connectivity index (χ0v) is 14.7. The summed E-state index contributed by atoms with van der Waals surface area (Å²) in [5.74, 6) is -5.57. The van der Waals surface area contributed by atoms with Crippen molar-refractivity contribution in [1.29, 1.82) is 0 Å². The summed E-state index contributed by atoms with van der Waals surface area (Å²) in [6, 6.07) is 6.89. The van der Waals surface area contributed by atoms with Gasteiger partial charge < -0.3 is 5.11 Å². The summed E-state index contributed by atoms with van der Waals surface area (Å²) < 4.78 is 62.9. The molecule has 7 nitrogen and oxygen atoms in total. The number of benzene rings is 1. The molecule has 2 aromatic rings. The number of carbonyl (C=O) groups is 3. The maximum absolute atomic E-state index is 12.4. The van der Waals surface area contributed by atoms with E-state index >= 15 is 0 Å². The Morgan fingerprint density at radius 1 is 1.04 bits per heavy atom. The maximum atomic E-state index is 12.4. The summed E-state index contributed by atoms with van der Waals surface area (Å²) >= 11 is 0.191. The van der Waals surface area contributed by atoms with Crippen LogP contribution in [0.2, 0.25) is 0 Å². The topological polar surface area (TPSA) is 118 Å². The van der Waals surface area contributed by atoms with E-state index in [2.05, 4.69) is 0 Å². The summed E-state index contributed by atoms with van der Waals surface area (Å²) in [7, 11) is -4.34. The molecule has 0 bridgehead atoms. The van der Waals surface area contributed by atoms with Crippen molar-refractivity contribution in [3.05, 3.63) is 57.3 Å². The number of carbonyl (C=O) groups excluding carboxylic acids is 2. The van der Waals surface area contributed by atoms with Crippen LogP contribution in [0.15, 0.2) is 36.4 Å². The molecule has 0 saturated heterocycles. The van der Waals surface area contributed by atoms with Crippen LogP contribution in [0.1, 0.15) is 35.3 Å². The number of carboxylic acids is 1. The highest BCUT2D eigenvalue weighted by atomic mass is 32.2. The SMILES string of the molecule is O=C(NS(=O)(=O)Cc1ccccc1C(=O)O)c1ccc(C(=O)C(F)(F)F)s1. The summed E-state index contributed by atoms with van der Waals surface area (Å²) in [6.07, 6.45) is -5.12. The summed E-state index contributed by atoms with van der Waals surface area (Å²) in [4.78, 5) is 33.0. The Balaban J connectivity index is 2.17. The number of ketones is 1. The number of amides is 1. The molecule has 0 aliphatic carbocycles. The number of nitrogens with one attached hydrogen (secondary N) is 1. The Labute approximate surface area is 154 Å². The van der Waals surface area contributed by atoms with E-state index in [4.69, 9.17) is 5.11 Å². The molecule has 12 heteroatoms. The van der Waals surface area contributed by atoms with Gasteiger partial charge in [0.25, 0.3) is 11.7 Å². The first-order valence-electron chi connectivity index (χ1n) is 6.98. The number of hydrogen-bond acceptors (Lipinski definition) is 6. The van der Waals surface area contributed by atoms with Crippen LogP contribution in [0.3, 0.4) is 0 Å². The van der Waals surface area contributed by atoms with Crippen LogP contribution in [0.4, 0.5) is 13.2 Å². The van der Waals surface area contributed by atoms with Crippen molar-refractivity contribution in [3.63, 3.8) is 0 Å². The molecule has 27 heavy (non-hydrogen) atoms. The van der Waals surface area contributed by atoms with E-state index < -0.39 is 49.4 Å². The number of Topliss-reactive ketones (excluding diaryl/α,β-unsaturated/α-hetero) is 1. The zero-order valence-electron chi connectivity index (χ0n) is 13.1. The first-order chi connectivity index (χ1) is 12.4. The molecule has 0 aliphatic rings. The molecule has 0 saturated carbocycles. The minimum Gasteiger partial charge on any atom is -0.478 e. The molecule has 1 aromatic carbocycles. The van der Waals surface area contributed by atoms with Crippen LogP contribution in [0, 0.1) is 0 Å². The fourth-order valence-corrected chi connectivity index (χ4v) is 4.06. The lowest BCUT2D eigenvalue weighted by molar-refractivity contribution is -0.0882. The van der Waals surface area contributed by atoms with Crippen LogP contribution >= 0.6 is 11.3 Å². The fourth-order valence-electron chi connectivity index (χ4n) is 2.01. The van der Waals surface area contributed by atoms with E-state index in [1.165, 1.54) is 24.3 Å². The Morgan fingerprint density at radius 2 is 1.63 bits per heavy atom. The minimum absolute atomic E-state index is 0.0792. The lowest BCUT2D eigenvalue weighted by atomic mass is 10.1. The average Bonchev–Trinajstić information content (AvgIpc) is 3.02. The second kappa shape index (κ2) is 7.48. The lowest BCUT2D eigenvalue weighted by Crippen LogP contribution is -2.31. The van der Waals surface area contributed by atoms with Gasteiger partial charge in [-0.25, -0.2) is 17.9 Å². The van der Waals surface area contributed by atoms with Crippen molar-refractivity contribution in [1.82, 2.24) is 4.72 Å². The molecule has 0 aliphatic heterocycles. The third kappa shape index (κ3) is 5.14. The number of carboxylic acid groups (broad SMARTS) is 1. The van der Waals surface area contributed by atoms with Crippen LogP contribution in [-0.2, 0) is 15.8 Å². The van der Waals surface area contributed by atoms with Gasteiger partial charge >= 0.3 is 12.1 Å². The Bertz CT molecular complexity index is 1010. The Kier molecular flexibility index (Phi) is 5.70. The molecule has 1 amide bonds. The number of sulfonamides is 1. The molecule has 0 spiro atoms. The van der Waals surface area contributed by atoms with Gasteiger partial charge in [0.15, 0.2) is 0 Å². The molecule has 144 valence electrons. The highest BCUT2D eigenvalue weighted by Gasteiger charge is 2.40. The average molecular weight is 421 g/mol. The van der Waals surface area contributed by atoms with Crippen LogP contribution in [0.5, 0.6) is 0 Å². The van der Waals surface area contributed by atoms with Crippen LogP contribution in [0.25, 0.3) is 0 Å². The number of aromatic carboxylic acids is 1. The molecule has 1 heterocycles. The van der Waals surface area contributed by atoms with Crippen molar-refractivity contribution in [2.75, 3.05) is 0 Å². The highest BCUT2D eigenvalue weighted by molar-refractivity contribution is 7.89. The number of thiophene rings is 1. The van der Waals surface area contributed by atoms with E-state index in [0.717, 1.165) is 12.1 Å². The van der Waals surface area contributed by atoms with Gasteiger partial charge in [0.05, 0.1) is 21.1 Å². The van der Waals surface area contributed by atoms with Gasteiger partial charge in [-0.15, -0.1) is 11.3 Å². The predicted octanol–water partition coefficient (Wildman–Crippen LogP) is 2.45. The smallest absolute Gasteiger partial charge is 0.455 e. The van der Waals surface area contributed by atoms with E-state index in [-0.39, 0.29) is 22.5 Å². The molecular weight excluding hydrogens is 411 g/mol. The second-order valence-electron chi connectivity index (χ2n) is 5.14. The van der Waals surface area contributed by atoms with E-state index in [1.54, 1.807) is 4.72 Å². The quantitative estimate of drug-likeness (QED) is 0.692. The largest absolute Gasteiger partial charge is 0.478 e.